The van der Waals surface area contributed by atoms with Crippen molar-refractivity contribution in [1.82, 2.24) is 15.1 Å². The Morgan fingerprint density at radius 3 is 2.48 bits per heavy atom. The van der Waals surface area contributed by atoms with Crippen LogP contribution in [0.4, 0.5) is 0 Å². The number of rotatable bonds is 4. The van der Waals surface area contributed by atoms with Gasteiger partial charge in [-0.25, -0.2) is 0 Å². The Morgan fingerprint density at radius 2 is 1.78 bits per heavy atom. The Labute approximate surface area is 162 Å². The Bertz CT molecular complexity index is 671. The van der Waals surface area contributed by atoms with Crippen molar-refractivity contribution in [2.45, 2.75) is 51.1 Å². The lowest BCUT2D eigenvalue weighted by Crippen LogP contribution is -2.43. The van der Waals surface area contributed by atoms with Gasteiger partial charge < -0.3 is 10.2 Å². The van der Waals surface area contributed by atoms with Crippen molar-refractivity contribution in [3.63, 3.8) is 0 Å². The van der Waals surface area contributed by atoms with Gasteiger partial charge in [0, 0.05) is 38.5 Å². The molecule has 0 spiro atoms. The topological polar surface area (TPSA) is 52.7 Å². The third-order valence-electron chi connectivity index (χ3n) is 6.62. The van der Waals surface area contributed by atoms with E-state index in [0.717, 1.165) is 32.5 Å². The summed E-state index contributed by atoms with van der Waals surface area (Å²) in [5, 5.41) is 3.24. The first-order chi connectivity index (χ1) is 13.1. The minimum Gasteiger partial charge on any atom is -0.352 e. The van der Waals surface area contributed by atoms with Crippen LogP contribution in [-0.4, -0.2) is 53.8 Å². The van der Waals surface area contributed by atoms with Gasteiger partial charge in [0.2, 0.25) is 11.8 Å². The molecule has 0 radical (unpaired) electrons. The summed E-state index contributed by atoms with van der Waals surface area (Å²) in [6.45, 7) is 4.78. The summed E-state index contributed by atoms with van der Waals surface area (Å²) in [6, 6.07) is 10.9. The molecule has 0 bridgehead atoms. The predicted octanol–water partition coefficient (Wildman–Crippen LogP) is 2.59. The SMILES string of the molecule is CC(=O)N1C[C@H]2CN(CC(=O)NC3CCCCC3)C[C@H]2[C@@H]1c1ccccc1. The van der Waals surface area contributed by atoms with Crippen LogP contribution in [0.5, 0.6) is 0 Å². The summed E-state index contributed by atoms with van der Waals surface area (Å²) in [5.41, 5.74) is 1.22. The number of fused-ring (bicyclic) bond motifs is 1. The molecule has 4 rings (SSSR count). The van der Waals surface area contributed by atoms with Gasteiger partial charge in [-0.05, 0) is 24.3 Å². The van der Waals surface area contributed by atoms with Crippen LogP contribution in [0.2, 0.25) is 0 Å². The lowest BCUT2D eigenvalue weighted by molar-refractivity contribution is -0.130. The van der Waals surface area contributed by atoms with Crippen LogP contribution in [0.1, 0.15) is 50.6 Å². The van der Waals surface area contributed by atoms with E-state index in [0.29, 0.717) is 24.4 Å². The zero-order valence-electron chi connectivity index (χ0n) is 16.3. The second-order valence-electron chi connectivity index (χ2n) is 8.55. The van der Waals surface area contributed by atoms with Crippen molar-refractivity contribution < 1.29 is 9.59 Å². The summed E-state index contributed by atoms with van der Waals surface area (Å²) in [5.74, 6) is 1.20. The number of nitrogens with zero attached hydrogens (tertiary/aromatic N) is 2. The maximum absolute atomic E-state index is 12.5. The quantitative estimate of drug-likeness (QED) is 0.888. The van der Waals surface area contributed by atoms with Crippen molar-refractivity contribution in [2.24, 2.45) is 11.8 Å². The zero-order chi connectivity index (χ0) is 18.8. The van der Waals surface area contributed by atoms with E-state index >= 15 is 0 Å². The van der Waals surface area contributed by atoms with E-state index in [1.54, 1.807) is 6.92 Å². The standard InChI is InChI=1S/C22H31N3O2/c1-16(26)25-13-18-12-24(15-21(27)23-19-10-6-3-7-11-19)14-20(18)22(25)17-8-4-2-5-9-17/h2,4-5,8-9,18-20,22H,3,6-7,10-15H2,1H3,(H,23,27)/t18-,20-,22+/m1/s1. The maximum Gasteiger partial charge on any atom is 0.234 e. The molecule has 0 unspecified atom stereocenters. The fourth-order valence-corrected chi connectivity index (χ4v) is 5.39. The van der Waals surface area contributed by atoms with Gasteiger partial charge in [0.15, 0.2) is 0 Å². The van der Waals surface area contributed by atoms with Crippen LogP contribution in [0, 0.1) is 11.8 Å². The number of carbonyl (C=O) groups is 2. The number of hydrogen-bond acceptors (Lipinski definition) is 3. The Hall–Kier alpha value is -1.88. The van der Waals surface area contributed by atoms with Gasteiger partial charge >= 0.3 is 0 Å². The first kappa shape index (κ1) is 18.5. The molecule has 1 aliphatic carbocycles. The molecule has 1 aromatic rings. The average molecular weight is 370 g/mol. The highest BCUT2D eigenvalue weighted by molar-refractivity contribution is 5.78. The van der Waals surface area contributed by atoms with E-state index in [1.807, 2.05) is 23.1 Å². The highest BCUT2D eigenvalue weighted by Gasteiger charge is 2.48. The normalized spacial score (nSPS) is 28.9. The summed E-state index contributed by atoms with van der Waals surface area (Å²) in [6.07, 6.45) is 6.02. The van der Waals surface area contributed by atoms with Gasteiger partial charge in [-0.3, -0.25) is 14.5 Å². The van der Waals surface area contributed by atoms with E-state index in [9.17, 15) is 9.59 Å². The molecule has 2 amide bonds. The lowest BCUT2D eigenvalue weighted by atomic mass is 9.89. The molecule has 2 saturated heterocycles. The fraction of sp³-hybridized carbons (Fsp3) is 0.636. The van der Waals surface area contributed by atoms with E-state index in [4.69, 9.17) is 0 Å². The van der Waals surface area contributed by atoms with E-state index in [2.05, 4.69) is 22.3 Å². The number of hydrogen-bond donors (Lipinski definition) is 1. The Morgan fingerprint density at radius 1 is 1.04 bits per heavy atom. The van der Waals surface area contributed by atoms with E-state index in [1.165, 1.54) is 24.8 Å². The van der Waals surface area contributed by atoms with Crippen molar-refractivity contribution in [3.8, 4) is 0 Å². The molecule has 1 N–H and O–H groups in total. The fourth-order valence-electron chi connectivity index (χ4n) is 5.39. The summed E-state index contributed by atoms with van der Waals surface area (Å²) >= 11 is 0. The number of nitrogens with one attached hydrogen (secondary N) is 1. The average Bonchev–Trinajstić information content (AvgIpc) is 3.20. The van der Waals surface area contributed by atoms with Crippen molar-refractivity contribution in [1.29, 1.82) is 0 Å². The number of carbonyl (C=O) groups excluding carboxylic acids is 2. The molecule has 2 aliphatic heterocycles. The molecule has 146 valence electrons. The summed E-state index contributed by atoms with van der Waals surface area (Å²) < 4.78 is 0. The van der Waals surface area contributed by atoms with E-state index in [-0.39, 0.29) is 17.9 Å². The largest absolute Gasteiger partial charge is 0.352 e. The molecule has 1 saturated carbocycles. The molecule has 27 heavy (non-hydrogen) atoms. The molecular formula is C22H31N3O2. The molecule has 5 nitrogen and oxygen atoms in total. The second-order valence-corrected chi connectivity index (χ2v) is 8.55. The van der Waals surface area contributed by atoms with Crippen molar-refractivity contribution in [3.05, 3.63) is 35.9 Å². The molecule has 3 aliphatic rings. The second kappa shape index (κ2) is 8.01. The van der Waals surface area contributed by atoms with Gasteiger partial charge in [0.1, 0.15) is 0 Å². The number of likely N-dealkylation sites (tertiary alicyclic amines) is 2. The minimum absolute atomic E-state index is 0.139. The highest BCUT2D eigenvalue weighted by Crippen LogP contribution is 2.44. The van der Waals surface area contributed by atoms with Gasteiger partial charge in [-0.15, -0.1) is 0 Å². The van der Waals surface area contributed by atoms with Crippen molar-refractivity contribution in [2.75, 3.05) is 26.2 Å². The molecule has 5 heteroatoms. The third kappa shape index (κ3) is 4.03. The number of amides is 2. The summed E-state index contributed by atoms with van der Waals surface area (Å²) in [7, 11) is 0. The molecule has 1 aromatic carbocycles. The van der Waals surface area contributed by atoms with Crippen LogP contribution >= 0.6 is 0 Å². The van der Waals surface area contributed by atoms with Crippen molar-refractivity contribution >= 4 is 11.8 Å². The van der Waals surface area contributed by atoms with Crippen LogP contribution in [0.3, 0.4) is 0 Å². The molecular weight excluding hydrogens is 338 g/mol. The van der Waals surface area contributed by atoms with Crippen LogP contribution < -0.4 is 5.32 Å². The monoisotopic (exact) mass is 369 g/mol. The molecule has 3 fully saturated rings. The molecule has 0 aromatic heterocycles. The third-order valence-corrected chi connectivity index (χ3v) is 6.62. The lowest BCUT2D eigenvalue weighted by Gasteiger charge is -2.29. The summed E-state index contributed by atoms with van der Waals surface area (Å²) in [4.78, 5) is 29.0. The Balaban J connectivity index is 1.39. The van der Waals surface area contributed by atoms with Gasteiger partial charge in [-0.1, -0.05) is 49.6 Å². The zero-order valence-corrected chi connectivity index (χ0v) is 16.3. The Kier molecular flexibility index (Phi) is 5.48. The highest BCUT2D eigenvalue weighted by atomic mass is 16.2. The number of benzene rings is 1. The van der Waals surface area contributed by atoms with E-state index < -0.39 is 0 Å². The van der Waals surface area contributed by atoms with Gasteiger partial charge in [-0.2, -0.15) is 0 Å². The maximum atomic E-state index is 12.5. The van der Waals surface area contributed by atoms with Crippen LogP contribution in [-0.2, 0) is 9.59 Å². The van der Waals surface area contributed by atoms with Crippen LogP contribution in [0.25, 0.3) is 0 Å². The minimum atomic E-state index is 0.139. The first-order valence-electron chi connectivity index (χ1n) is 10.5. The van der Waals surface area contributed by atoms with Gasteiger partial charge in [0.05, 0.1) is 12.6 Å². The first-order valence-corrected chi connectivity index (χ1v) is 10.5. The van der Waals surface area contributed by atoms with Crippen LogP contribution in [0.15, 0.2) is 30.3 Å². The molecule has 3 atom stereocenters. The van der Waals surface area contributed by atoms with Gasteiger partial charge in [0.25, 0.3) is 0 Å². The molecule has 2 heterocycles. The predicted molar refractivity (Wildman–Crippen MR) is 105 cm³/mol. The smallest absolute Gasteiger partial charge is 0.234 e.